The molecule has 0 aliphatic carbocycles. The summed E-state index contributed by atoms with van der Waals surface area (Å²) in [5, 5.41) is 1.87. The average molecular weight is 259 g/mol. The smallest absolute Gasteiger partial charge is 0.348 e. The minimum Gasteiger partial charge on any atom is -0.348 e. The molecule has 1 amide bonds. The van der Waals surface area contributed by atoms with E-state index in [4.69, 9.17) is 0 Å². The van der Waals surface area contributed by atoms with Crippen molar-refractivity contribution in [2.75, 3.05) is 6.54 Å². The molecular formula is C13H16F3NO. The van der Waals surface area contributed by atoms with Crippen LogP contribution in [0.5, 0.6) is 0 Å². The van der Waals surface area contributed by atoms with E-state index in [0.29, 0.717) is 6.42 Å². The van der Waals surface area contributed by atoms with Gasteiger partial charge in [-0.05, 0) is 49.4 Å². The molecule has 0 bridgehead atoms. The van der Waals surface area contributed by atoms with Gasteiger partial charge in [-0.15, -0.1) is 0 Å². The first-order valence-electron chi connectivity index (χ1n) is 5.64. The molecule has 0 spiro atoms. The number of benzene rings is 1. The van der Waals surface area contributed by atoms with Crippen LogP contribution in [0.3, 0.4) is 0 Å². The monoisotopic (exact) mass is 259 g/mol. The number of nitrogens with one attached hydrogen (secondary N) is 1. The normalized spacial score (nSPS) is 11.4. The summed E-state index contributed by atoms with van der Waals surface area (Å²) in [4.78, 5) is 10.6. The van der Waals surface area contributed by atoms with Gasteiger partial charge in [0.25, 0.3) is 0 Å². The van der Waals surface area contributed by atoms with Crippen molar-refractivity contribution in [2.45, 2.75) is 33.4 Å². The Kier molecular flexibility index (Phi) is 4.38. The molecule has 5 heteroatoms. The molecule has 1 rings (SSSR count). The van der Waals surface area contributed by atoms with Gasteiger partial charge in [-0.2, -0.15) is 13.2 Å². The lowest BCUT2D eigenvalue weighted by Crippen LogP contribution is -2.37. The van der Waals surface area contributed by atoms with Crippen LogP contribution in [0.25, 0.3) is 0 Å². The molecule has 100 valence electrons. The SMILES string of the molecule is Cc1ccc(CCNC(=O)C(F)(F)F)c(C)c1C. The maximum atomic E-state index is 12.0. The number of carbonyl (C=O) groups excluding carboxylic acids is 1. The van der Waals surface area contributed by atoms with Crippen molar-refractivity contribution in [2.24, 2.45) is 0 Å². The third kappa shape index (κ3) is 3.48. The topological polar surface area (TPSA) is 29.1 Å². The van der Waals surface area contributed by atoms with E-state index in [9.17, 15) is 18.0 Å². The number of carbonyl (C=O) groups is 1. The molecule has 0 heterocycles. The van der Waals surface area contributed by atoms with E-state index in [0.717, 1.165) is 22.3 Å². The van der Waals surface area contributed by atoms with Crippen molar-refractivity contribution in [3.05, 3.63) is 34.4 Å². The summed E-state index contributed by atoms with van der Waals surface area (Å²) in [6.45, 7) is 5.88. The predicted molar refractivity (Wildman–Crippen MR) is 63.4 cm³/mol. The van der Waals surface area contributed by atoms with Crippen LogP contribution in [0.1, 0.15) is 22.3 Å². The molecule has 0 fully saturated rings. The molecule has 18 heavy (non-hydrogen) atoms. The lowest BCUT2D eigenvalue weighted by Gasteiger charge is -2.12. The molecule has 1 N–H and O–H groups in total. The first-order valence-corrected chi connectivity index (χ1v) is 5.64. The fourth-order valence-electron chi connectivity index (χ4n) is 1.69. The minimum absolute atomic E-state index is 0.0122. The Morgan fingerprint density at radius 2 is 1.78 bits per heavy atom. The Morgan fingerprint density at radius 3 is 2.33 bits per heavy atom. The van der Waals surface area contributed by atoms with E-state index in [1.807, 2.05) is 38.2 Å². The van der Waals surface area contributed by atoms with Gasteiger partial charge in [0.2, 0.25) is 0 Å². The highest BCUT2D eigenvalue weighted by Gasteiger charge is 2.38. The van der Waals surface area contributed by atoms with Crippen LogP contribution >= 0.6 is 0 Å². The van der Waals surface area contributed by atoms with Crippen molar-refractivity contribution >= 4 is 5.91 Å². The second kappa shape index (κ2) is 5.42. The van der Waals surface area contributed by atoms with Gasteiger partial charge in [0, 0.05) is 6.54 Å². The number of rotatable bonds is 3. The van der Waals surface area contributed by atoms with Crippen molar-refractivity contribution in [1.82, 2.24) is 5.32 Å². The van der Waals surface area contributed by atoms with Gasteiger partial charge in [-0.3, -0.25) is 4.79 Å². The summed E-state index contributed by atoms with van der Waals surface area (Å²) in [5.41, 5.74) is 4.31. The molecule has 0 aliphatic heterocycles. The molecule has 0 aliphatic rings. The molecule has 0 unspecified atom stereocenters. The number of hydrogen-bond acceptors (Lipinski definition) is 1. The number of halogens is 3. The summed E-state index contributed by atoms with van der Waals surface area (Å²) < 4.78 is 35.9. The van der Waals surface area contributed by atoms with E-state index in [1.54, 1.807) is 0 Å². The van der Waals surface area contributed by atoms with Gasteiger partial charge < -0.3 is 5.32 Å². The van der Waals surface area contributed by atoms with Crippen LogP contribution in [-0.2, 0) is 11.2 Å². The average Bonchev–Trinajstić information content (AvgIpc) is 2.27. The number of amides is 1. The van der Waals surface area contributed by atoms with Crippen LogP contribution in [-0.4, -0.2) is 18.6 Å². The molecule has 0 aromatic heterocycles. The highest BCUT2D eigenvalue weighted by molar-refractivity contribution is 5.81. The third-order valence-corrected chi connectivity index (χ3v) is 3.11. The number of hydrogen-bond donors (Lipinski definition) is 1. The summed E-state index contributed by atoms with van der Waals surface area (Å²) >= 11 is 0. The Labute approximate surface area is 104 Å². The highest BCUT2D eigenvalue weighted by Crippen LogP contribution is 2.18. The van der Waals surface area contributed by atoms with E-state index in [-0.39, 0.29) is 6.54 Å². The summed E-state index contributed by atoms with van der Waals surface area (Å²) in [6, 6.07) is 3.82. The van der Waals surface area contributed by atoms with Crippen molar-refractivity contribution in [1.29, 1.82) is 0 Å². The van der Waals surface area contributed by atoms with Gasteiger partial charge in [0.05, 0.1) is 0 Å². The Bertz CT molecular complexity index is 452. The minimum atomic E-state index is -4.81. The predicted octanol–water partition coefficient (Wildman–Crippen LogP) is 2.83. The van der Waals surface area contributed by atoms with Crippen LogP contribution in [0.2, 0.25) is 0 Å². The van der Waals surface area contributed by atoms with Crippen LogP contribution in [0.4, 0.5) is 13.2 Å². The molecule has 0 atom stereocenters. The maximum absolute atomic E-state index is 12.0. The Hall–Kier alpha value is -1.52. The molecule has 1 aromatic rings. The lowest BCUT2D eigenvalue weighted by molar-refractivity contribution is -0.173. The highest BCUT2D eigenvalue weighted by atomic mass is 19.4. The number of alkyl halides is 3. The zero-order valence-corrected chi connectivity index (χ0v) is 10.6. The zero-order chi connectivity index (χ0) is 13.9. The van der Waals surface area contributed by atoms with Gasteiger partial charge in [-0.25, -0.2) is 0 Å². The van der Waals surface area contributed by atoms with E-state index < -0.39 is 12.1 Å². The maximum Gasteiger partial charge on any atom is 0.471 e. The van der Waals surface area contributed by atoms with Gasteiger partial charge >= 0.3 is 12.1 Å². The molecule has 1 aromatic carbocycles. The van der Waals surface area contributed by atoms with Crippen molar-refractivity contribution < 1.29 is 18.0 Å². The van der Waals surface area contributed by atoms with Crippen LogP contribution < -0.4 is 5.32 Å². The third-order valence-electron chi connectivity index (χ3n) is 3.11. The fourth-order valence-corrected chi connectivity index (χ4v) is 1.69. The summed E-state index contributed by atoms with van der Waals surface area (Å²) in [5.74, 6) is -1.89. The van der Waals surface area contributed by atoms with Gasteiger partial charge in [-0.1, -0.05) is 12.1 Å². The first-order chi connectivity index (χ1) is 8.23. The van der Waals surface area contributed by atoms with Crippen molar-refractivity contribution in [3.8, 4) is 0 Å². The van der Waals surface area contributed by atoms with E-state index in [2.05, 4.69) is 0 Å². The van der Waals surface area contributed by atoms with E-state index in [1.165, 1.54) is 0 Å². The quantitative estimate of drug-likeness (QED) is 0.888. The van der Waals surface area contributed by atoms with Crippen LogP contribution in [0.15, 0.2) is 12.1 Å². The number of aryl methyl sites for hydroxylation is 1. The molecule has 0 saturated heterocycles. The molecule has 0 saturated carbocycles. The zero-order valence-electron chi connectivity index (χ0n) is 10.6. The second-order valence-corrected chi connectivity index (χ2v) is 4.30. The largest absolute Gasteiger partial charge is 0.471 e. The molecule has 0 radical (unpaired) electrons. The van der Waals surface area contributed by atoms with E-state index >= 15 is 0 Å². The first kappa shape index (κ1) is 14.5. The molecule has 2 nitrogen and oxygen atoms in total. The Morgan fingerprint density at radius 1 is 1.17 bits per heavy atom. The molecular weight excluding hydrogens is 243 g/mol. The standard InChI is InChI=1S/C13H16F3NO/c1-8-4-5-11(10(3)9(8)2)6-7-17-12(18)13(14,15)16/h4-5H,6-7H2,1-3H3,(H,17,18). The summed E-state index contributed by atoms with van der Waals surface area (Å²) in [7, 11) is 0. The van der Waals surface area contributed by atoms with Crippen LogP contribution in [0, 0.1) is 20.8 Å². The Balaban J connectivity index is 2.61. The fraction of sp³-hybridized carbons (Fsp3) is 0.462. The summed E-state index contributed by atoms with van der Waals surface area (Å²) in [6.07, 6.45) is -4.41. The lowest BCUT2D eigenvalue weighted by atomic mass is 9.97. The second-order valence-electron chi connectivity index (χ2n) is 4.30. The van der Waals surface area contributed by atoms with Crippen molar-refractivity contribution in [3.63, 3.8) is 0 Å². The van der Waals surface area contributed by atoms with Gasteiger partial charge in [0.1, 0.15) is 0 Å². The van der Waals surface area contributed by atoms with Gasteiger partial charge in [0.15, 0.2) is 0 Å².